The van der Waals surface area contributed by atoms with Gasteiger partial charge in [0.2, 0.25) is 0 Å². The standard InChI is InChI=1S/C22H22N4O3/c1-3-15-7-5-6-8-18(15)26-21(27)19-13-20(24-14-23-19)25-17-11-9-16(10-12-17)22(28)29-4-2/h5-14H,3-4H2,1-2H3,(H,26,27)(H,23,24,25). The Hall–Kier alpha value is -3.74. The van der Waals surface area contributed by atoms with Crippen LogP contribution in [-0.2, 0) is 11.2 Å². The first-order valence-corrected chi connectivity index (χ1v) is 9.36. The molecule has 0 atom stereocenters. The van der Waals surface area contributed by atoms with Crippen LogP contribution in [0.3, 0.4) is 0 Å². The van der Waals surface area contributed by atoms with E-state index in [-0.39, 0.29) is 17.6 Å². The maximum Gasteiger partial charge on any atom is 0.338 e. The minimum atomic E-state index is -0.368. The fourth-order valence-electron chi connectivity index (χ4n) is 2.74. The van der Waals surface area contributed by atoms with Gasteiger partial charge in [0.15, 0.2) is 0 Å². The molecule has 2 aromatic carbocycles. The van der Waals surface area contributed by atoms with E-state index in [2.05, 4.69) is 20.6 Å². The summed E-state index contributed by atoms with van der Waals surface area (Å²) in [5.74, 6) is -0.209. The first-order chi connectivity index (χ1) is 14.1. The van der Waals surface area contributed by atoms with Crippen molar-refractivity contribution in [1.82, 2.24) is 9.97 Å². The van der Waals surface area contributed by atoms with Gasteiger partial charge in [0, 0.05) is 17.4 Å². The van der Waals surface area contributed by atoms with Crippen LogP contribution in [-0.4, -0.2) is 28.5 Å². The van der Waals surface area contributed by atoms with E-state index in [0.717, 1.165) is 23.4 Å². The van der Waals surface area contributed by atoms with Gasteiger partial charge >= 0.3 is 5.97 Å². The molecule has 0 aliphatic heterocycles. The number of carbonyl (C=O) groups excluding carboxylic acids is 2. The van der Waals surface area contributed by atoms with Crippen molar-refractivity contribution >= 4 is 29.1 Å². The fraction of sp³-hybridized carbons (Fsp3) is 0.182. The quantitative estimate of drug-likeness (QED) is 0.587. The lowest BCUT2D eigenvalue weighted by Crippen LogP contribution is -2.15. The molecule has 0 unspecified atom stereocenters. The molecule has 148 valence electrons. The van der Waals surface area contributed by atoms with Crippen LogP contribution in [0, 0.1) is 0 Å². The van der Waals surface area contributed by atoms with Crippen molar-refractivity contribution in [3.63, 3.8) is 0 Å². The second-order valence-electron chi connectivity index (χ2n) is 6.18. The molecule has 0 aliphatic carbocycles. The highest BCUT2D eigenvalue weighted by atomic mass is 16.5. The molecule has 1 aromatic heterocycles. The number of amides is 1. The first kappa shape index (κ1) is 20.0. The third kappa shape index (κ3) is 5.16. The second kappa shape index (κ2) is 9.45. The van der Waals surface area contributed by atoms with Gasteiger partial charge in [-0.3, -0.25) is 4.79 Å². The Morgan fingerprint density at radius 1 is 1.00 bits per heavy atom. The van der Waals surface area contributed by atoms with Crippen molar-refractivity contribution in [3.8, 4) is 0 Å². The zero-order valence-corrected chi connectivity index (χ0v) is 16.3. The molecule has 0 radical (unpaired) electrons. The highest BCUT2D eigenvalue weighted by Crippen LogP contribution is 2.18. The Morgan fingerprint density at radius 3 is 2.48 bits per heavy atom. The molecule has 0 spiro atoms. The second-order valence-corrected chi connectivity index (χ2v) is 6.18. The summed E-state index contributed by atoms with van der Waals surface area (Å²) in [6, 6.07) is 16.0. The van der Waals surface area contributed by atoms with E-state index < -0.39 is 0 Å². The normalized spacial score (nSPS) is 10.3. The van der Waals surface area contributed by atoms with Crippen LogP contribution in [0.2, 0.25) is 0 Å². The van der Waals surface area contributed by atoms with Crippen molar-refractivity contribution in [3.05, 3.63) is 77.7 Å². The van der Waals surface area contributed by atoms with Crippen molar-refractivity contribution in [2.75, 3.05) is 17.2 Å². The number of nitrogens with zero attached hydrogens (tertiary/aromatic N) is 2. The summed E-state index contributed by atoms with van der Waals surface area (Å²) in [5.41, 5.74) is 3.25. The number of hydrogen-bond acceptors (Lipinski definition) is 6. The van der Waals surface area contributed by atoms with Gasteiger partial charge in [0.25, 0.3) is 5.91 Å². The number of benzene rings is 2. The molecule has 0 aliphatic rings. The molecular formula is C22H22N4O3. The lowest BCUT2D eigenvalue weighted by atomic mass is 10.1. The van der Waals surface area contributed by atoms with Crippen LogP contribution in [0.5, 0.6) is 0 Å². The average Bonchev–Trinajstić information content (AvgIpc) is 2.75. The number of hydrogen-bond donors (Lipinski definition) is 2. The van der Waals surface area contributed by atoms with Crippen molar-refractivity contribution in [2.24, 2.45) is 0 Å². The van der Waals surface area contributed by atoms with Gasteiger partial charge in [-0.1, -0.05) is 25.1 Å². The molecule has 2 N–H and O–H groups in total. The van der Waals surface area contributed by atoms with Gasteiger partial charge in [0.05, 0.1) is 12.2 Å². The number of aromatic nitrogens is 2. The van der Waals surface area contributed by atoms with Gasteiger partial charge < -0.3 is 15.4 Å². The largest absolute Gasteiger partial charge is 0.462 e. The number of esters is 1. The summed E-state index contributed by atoms with van der Waals surface area (Å²) < 4.78 is 4.97. The molecule has 0 saturated heterocycles. The maximum atomic E-state index is 12.6. The number of rotatable bonds is 7. The summed E-state index contributed by atoms with van der Waals surface area (Å²) in [7, 11) is 0. The minimum absolute atomic E-state index is 0.247. The van der Waals surface area contributed by atoms with Gasteiger partial charge in [0.1, 0.15) is 17.8 Å². The molecule has 3 rings (SSSR count). The molecule has 1 heterocycles. The molecule has 0 saturated carbocycles. The fourth-order valence-corrected chi connectivity index (χ4v) is 2.74. The number of nitrogens with one attached hydrogen (secondary N) is 2. The molecule has 7 nitrogen and oxygen atoms in total. The lowest BCUT2D eigenvalue weighted by Gasteiger charge is -2.10. The zero-order valence-electron chi connectivity index (χ0n) is 16.3. The smallest absolute Gasteiger partial charge is 0.338 e. The highest BCUT2D eigenvalue weighted by Gasteiger charge is 2.11. The first-order valence-electron chi connectivity index (χ1n) is 9.36. The van der Waals surface area contributed by atoms with E-state index in [4.69, 9.17) is 4.74 Å². The van der Waals surface area contributed by atoms with E-state index in [9.17, 15) is 9.59 Å². The summed E-state index contributed by atoms with van der Waals surface area (Å²) in [4.78, 5) is 32.5. The Kier molecular flexibility index (Phi) is 6.52. The predicted molar refractivity (Wildman–Crippen MR) is 111 cm³/mol. The monoisotopic (exact) mass is 390 g/mol. The lowest BCUT2D eigenvalue weighted by molar-refractivity contribution is 0.0526. The van der Waals surface area contributed by atoms with E-state index in [0.29, 0.717) is 18.0 Å². The van der Waals surface area contributed by atoms with Crippen molar-refractivity contribution in [2.45, 2.75) is 20.3 Å². The summed E-state index contributed by atoms with van der Waals surface area (Å²) >= 11 is 0. The Morgan fingerprint density at radius 2 is 1.76 bits per heavy atom. The number of anilines is 3. The molecule has 7 heteroatoms. The highest BCUT2D eigenvalue weighted by molar-refractivity contribution is 6.03. The SMILES string of the molecule is CCOC(=O)c1ccc(Nc2cc(C(=O)Nc3ccccc3CC)ncn2)cc1. The minimum Gasteiger partial charge on any atom is -0.462 e. The van der Waals surface area contributed by atoms with Crippen LogP contribution in [0.4, 0.5) is 17.2 Å². The van der Waals surface area contributed by atoms with Gasteiger partial charge in [-0.2, -0.15) is 0 Å². The molecule has 0 bridgehead atoms. The molecule has 0 fully saturated rings. The van der Waals surface area contributed by atoms with Gasteiger partial charge in [-0.15, -0.1) is 0 Å². The third-order valence-corrected chi connectivity index (χ3v) is 4.21. The van der Waals surface area contributed by atoms with Crippen LogP contribution in [0.15, 0.2) is 60.9 Å². The zero-order chi connectivity index (χ0) is 20.6. The van der Waals surface area contributed by atoms with Crippen LogP contribution < -0.4 is 10.6 Å². The Balaban J connectivity index is 1.71. The Bertz CT molecular complexity index is 1000. The number of ether oxygens (including phenoxy) is 1. The topological polar surface area (TPSA) is 93.2 Å². The van der Waals surface area contributed by atoms with Crippen molar-refractivity contribution < 1.29 is 14.3 Å². The Labute approximate surface area is 169 Å². The van der Waals surface area contributed by atoms with Crippen molar-refractivity contribution in [1.29, 1.82) is 0 Å². The number of aryl methyl sites for hydroxylation is 1. The average molecular weight is 390 g/mol. The van der Waals surface area contributed by atoms with E-state index in [1.165, 1.54) is 6.33 Å². The predicted octanol–water partition coefficient (Wildman–Crippen LogP) is 4.21. The maximum absolute atomic E-state index is 12.6. The van der Waals surface area contributed by atoms with E-state index >= 15 is 0 Å². The number of carbonyl (C=O) groups is 2. The van der Waals surface area contributed by atoms with Gasteiger partial charge in [-0.25, -0.2) is 14.8 Å². The summed E-state index contributed by atoms with van der Waals surface area (Å²) in [6.07, 6.45) is 2.14. The van der Waals surface area contributed by atoms with Gasteiger partial charge in [-0.05, 0) is 49.2 Å². The summed E-state index contributed by atoms with van der Waals surface area (Å²) in [6.45, 7) is 4.12. The van der Waals surface area contributed by atoms with E-state index in [1.54, 1.807) is 37.3 Å². The van der Waals surface area contributed by atoms with Crippen LogP contribution in [0.25, 0.3) is 0 Å². The van der Waals surface area contributed by atoms with E-state index in [1.807, 2.05) is 31.2 Å². The molecule has 3 aromatic rings. The molecule has 29 heavy (non-hydrogen) atoms. The number of para-hydroxylation sites is 1. The third-order valence-electron chi connectivity index (χ3n) is 4.21. The van der Waals surface area contributed by atoms with Crippen LogP contribution in [0.1, 0.15) is 40.3 Å². The molecular weight excluding hydrogens is 368 g/mol. The molecule has 1 amide bonds. The summed E-state index contributed by atoms with van der Waals surface area (Å²) in [5, 5.41) is 5.99. The van der Waals surface area contributed by atoms with Crippen LogP contribution >= 0.6 is 0 Å².